The molecule has 138 valence electrons. The number of aromatic nitrogens is 1. The summed E-state index contributed by atoms with van der Waals surface area (Å²) in [6.45, 7) is 2.55. The fraction of sp³-hybridized carbons (Fsp3) is 0.235. The average molecular weight is 387 g/mol. The number of nitrogens with one attached hydrogen (secondary N) is 1. The van der Waals surface area contributed by atoms with Crippen LogP contribution in [0.4, 0.5) is 18.9 Å². The number of pyridine rings is 1. The number of anilines is 1. The van der Waals surface area contributed by atoms with Gasteiger partial charge in [0.15, 0.2) is 6.61 Å². The first kappa shape index (κ1) is 19.7. The largest absolute Gasteiger partial charge is 0.452 e. The molecule has 1 amide bonds. The third-order valence-electron chi connectivity index (χ3n) is 3.35. The highest BCUT2D eigenvalue weighted by atomic mass is 35.5. The van der Waals surface area contributed by atoms with Gasteiger partial charge in [-0.15, -0.1) is 0 Å². The molecule has 0 aliphatic carbocycles. The lowest BCUT2D eigenvalue weighted by atomic mass is 10.1. The van der Waals surface area contributed by atoms with Crippen LogP contribution in [-0.2, 0) is 15.7 Å². The van der Waals surface area contributed by atoms with Crippen LogP contribution in [0.25, 0.3) is 0 Å². The van der Waals surface area contributed by atoms with Gasteiger partial charge in [0.2, 0.25) is 0 Å². The second kappa shape index (κ2) is 7.74. The lowest BCUT2D eigenvalue weighted by Gasteiger charge is -2.14. The SMILES string of the molecule is Cc1cc(C)c(C(=O)OCC(=O)Nc2ccccc2C(F)(F)F)c(Cl)n1. The fourth-order valence-electron chi connectivity index (χ4n) is 2.27. The van der Waals surface area contributed by atoms with E-state index in [0.717, 1.165) is 12.1 Å². The Morgan fingerprint density at radius 3 is 2.50 bits per heavy atom. The summed E-state index contributed by atoms with van der Waals surface area (Å²) >= 11 is 5.91. The quantitative estimate of drug-likeness (QED) is 0.632. The number of rotatable bonds is 4. The molecule has 0 unspecified atom stereocenters. The summed E-state index contributed by atoms with van der Waals surface area (Å²) in [6, 6.07) is 6.10. The van der Waals surface area contributed by atoms with E-state index in [1.807, 2.05) is 0 Å². The van der Waals surface area contributed by atoms with Crippen LogP contribution in [0.2, 0.25) is 5.15 Å². The maximum Gasteiger partial charge on any atom is 0.418 e. The van der Waals surface area contributed by atoms with Crippen LogP contribution in [0.1, 0.15) is 27.2 Å². The Kier molecular flexibility index (Phi) is 5.86. The molecular formula is C17H14ClF3N2O3. The van der Waals surface area contributed by atoms with Gasteiger partial charge in [0, 0.05) is 5.69 Å². The van der Waals surface area contributed by atoms with Crippen molar-refractivity contribution in [2.24, 2.45) is 0 Å². The van der Waals surface area contributed by atoms with E-state index in [1.54, 1.807) is 19.9 Å². The Labute approximate surface area is 152 Å². The summed E-state index contributed by atoms with van der Waals surface area (Å²) in [5.41, 5.74) is -0.310. The number of hydrogen-bond donors (Lipinski definition) is 1. The van der Waals surface area contributed by atoms with E-state index in [2.05, 4.69) is 10.3 Å². The summed E-state index contributed by atoms with van der Waals surface area (Å²) in [4.78, 5) is 27.8. The Hall–Kier alpha value is -2.61. The summed E-state index contributed by atoms with van der Waals surface area (Å²) in [6.07, 6.45) is -4.63. The van der Waals surface area contributed by atoms with E-state index in [1.165, 1.54) is 12.1 Å². The highest BCUT2D eigenvalue weighted by Gasteiger charge is 2.33. The van der Waals surface area contributed by atoms with Gasteiger partial charge in [-0.25, -0.2) is 9.78 Å². The molecule has 0 saturated carbocycles. The molecular weight excluding hydrogens is 373 g/mol. The van der Waals surface area contributed by atoms with Crippen molar-refractivity contribution in [3.05, 3.63) is 57.9 Å². The lowest BCUT2D eigenvalue weighted by molar-refractivity contribution is -0.137. The van der Waals surface area contributed by atoms with Crippen molar-refractivity contribution in [3.8, 4) is 0 Å². The highest BCUT2D eigenvalue weighted by molar-refractivity contribution is 6.32. The third kappa shape index (κ3) is 4.72. The maximum absolute atomic E-state index is 12.9. The molecule has 0 saturated heterocycles. The zero-order valence-electron chi connectivity index (χ0n) is 13.8. The van der Waals surface area contributed by atoms with E-state index in [0.29, 0.717) is 11.3 Å². The number of nitrogens with zero attached hydrogens (tertiary/aromatic N) is 1. The number of carbonyl (C=O) groups is 2. The second-order valence-electron chi connectivity index (χ2n) is 5.41. The minimum atomic E-state index is -4.63. The first-order valence-corrected chi connectivity index (χ1v) is 7.74. The van der Waals surface area contributed by atoms with Crippen molar-refractivity contribution in [2.75, 3.05) is 11.9 Å². The van der Waals surface area contributed by atoms with Crippen LogP contribution in [-0.4, -0.2) is 23.5 Å². The molecule has 0 bridgehead atoms. The molecule has 0 spiro atoms. The molecule has 1 heterocycles. The first-order chi connectivity index (χ1) is 12.1. The number of benzene rings is 1. The van der Waals surface area contributed by atoms with Crippen LogP contribution in [0.15, 0.2) is 30.3 Å². The number of ether oxygens (including phenoxy) is 1. The van der Waals surface area contributed by atoms with Crippen molar-refractivity contribution in [2.45, 2.75) is 20.0 Å². The second-order valence-corrected chi connectivity index (χ2v) is 5.77. The fourth-order valence-corrected chi connectivity index (χ4v) is 2.62. The Morgan fingerprint density at radius 2 is 1.88 bits per heavy atom. The van der Waals surface area contributed by atoms with Crippen molar-refractivity contribution in [1.82, 2.24) is 4.98 Å². The zero-order chi connectivity index (χ0) is 19.5. The first-order valence-electron chi connectivity index (χ1n) is 7.36. The van der Waals surface area contributed by atoms with Crippen LogP contribution in [0.5, 0.6) is 0 Å². The molecule has 0 aliphatic heterocycles. The average Bonchev–Trinajstić information content (AvgIpc) is 2.51. The van der Waals surface area contributed by atoms with Gasteiger partial charge >= 0.3 is 12.1 Å². The van der Waals surface area contributed by atoms with Gasteiger partial charge in [-0.1, -0.05) is 23.7 Å². The van der Waals surface area contributed by atoms with Crippen molar-refractivity contribution >= 4 is 29.2 Å². The normalized spacial score (nSPS) is 11.2. The van der Waals surface area contributed by atoms with Crippen molar-refractivity contribution in [1.29, 1.82) is 0 Å². The summed E-state index contributed by atoms with van der Waals surface area (Å²) in [7, 11) is 0. The summed E-state index contributed by atoms with van der Waals surface area (Å²) < 4.78 is 43.5. The minimum absolute atomic E-state index is 0.000702. The molecule has 0 atom stereocenters. The number of para-hydroxylation sites is 1. The number of alkyl halides is 3. The van der Waals surface area contributed by atoms with Gasteiger partial charge in [0.1, 0.15) is 5.15 Å². The van der Waals surface area contributed by atoms with Crippen LogP contribution in [0.3, 0.4) is 0 Å². The predicted octanol–water partition coefficient (Wildman–Crippen LogP) is 4.17. The molecule has 9 heteroatoms. The molecule has 0 aliphatic rings. The number of halogens is 4. The van der Waals surface area contributed by atoms with Gasteiger partial charge in [-0.05, 0) is 37.6 Å². The van der Waals surface area contributed by atoms with Crippen LogP contribution < -0.4 is 5.32 Å². The Morgan fingerprint density at radius 1 is 1.23 bits per heavy atom. The Balaban J connectivity index is 2.06. The van der Waals surface area contributed by atoms with Crippen molar-refractivity contribution in [3.63, 3.8) is 0 Å². The number of aryl methyl sites for hydroxylation is 2. The van der Waals surface area contributed by atoms with Crippen LogP contribution in [0, 0.1) is 13.8 Å². The minimum Gasteiger partial charge on any atom is -0.452 e. The smallest absolute Gasteiger partial charge is 0.418 e. The zero-order valence-corrected chi connectivity index (χ0v) is 14.5. The summed E-state index contributed by atoms with van der Waals surface area (Å²) in [5.74, 6) is -1.80. The van der Waals surface area contributed by atoms with Gasteiger partial charge in [0.25, 0.3) is 5.91 Å². The van der Waals surface area contributed by atoms with Crippen molar-refractivity contribution < 1.29 is 27.5 Å². The number of esters is 1. The Bertz CT molecular complexity index is 830. The number of amides is 1. The lowest BCUT2D eigenvalue weighted by Crippen LogP contribution is -2.23. The number of carbonyl (C=O) groups excluding carboxylic acids is 2. The van der Waals surface area contributed by atoms with Crippen LogP contribution >= 0.6 is 11.6 Å². The standard InChI is InChI=1S/C17H14ClF3N2O3/c1-9-7-10(2)22-15(18)14(9)16(25)26-8-13(24)23-12-6-4-3-5-11(12)17(19,20)21/h3-7H,8H2,1-2H3,(H,23,24). The molecule has 1 N–H and O–H groups in total. The highest BCUT2D eigenvalue weighted by Crippen LogP contribution is 2.34. The maximum atomic E-state index is 12.9. The topological polar surface area (TPSA) is 68.3 Å². The molecule has 0 fully saturated rings. The van der Waals surface area contributed by atoms with Gasteiger partial charge in [-0.2, -0.15) is 13.2 Å². The van der Waals surface area contributed by atoms with Gasteiger partial charge in [-0.3, -0.25) is 4.79 Å². The molecule has 0 radical (unpaired) electrons. The van der Waals surface area contributed by atoms with E-state index >= 15 is 0 Å². The van der Waals surface area contributed by atoms with E-state index in [9.17, 15) is 22.8 Å². The molecule has 26 heavy (non-hydrogen) atoms. The number of hydrogen-bond acceptors (Lipinski definition) is 4. The molecule has 5 nitrogen and oxygen atoms in total. The van der Waals surface area contributed by atoms with E-state index < -0.39 is 35.9 Å². The van der Waals surface area contributed by atoms with E-state index in [-0.39, 0.29) is 10.7 Å². The molecule has 2 aromatic rings. The van der Waals surface area contributed by atoms with E-state index in [4.69, 9.17) is 16.3 Å². The molecule has 1 aromatic carbocycles. The van der Waals surface area contributed by atoms with Gasteiger partial charge in [0.05, 0.1) is 16.8 Å². The molecule has 1 aromatic heterocycles. The summed E-state index contributed by atoms with van der Waals surface area (Å²) in [5, 5.41) is 2.00. The third-order valence-corrected chi connectivity index (χ3v) is 3.62. The molecule has 2 rings (SSSR count). The predicted molar refractivity (Wildman–Crippen MR) is 89.1 cm³/mol. The monoisotopic (exact) mass is 386 g/mol. The van der Waals surface area contributed by atoms with Gasteiger partial charge < -0.3 is 10.1 Å².